The van der Waals surface area contributed by atoms with Crippen LogP contribution in [-0.4, -0.2) is 22.1 Å². The lowest BCUT2D eigenvalue weighted by atomic mass is 9.81. The molecule has 0 spiro atoms. The minimum Gasteiger partial charge on any atom is -0.508 e. The van der Waals surface area contributed by atoms with Crippen LogP contribution in [0.5, 0.6) is 11.5 Å². The molecule has 3 rings (SSSR count). The van der Waals surface area contributed by atoms with Crippen LogP contribution in [0, 0.1) is 11.6 Å². The van der Waals surface area contributed by atoms with Crippen molar-refractivity contribution >= 4 is 11.4 Å². The third-order valence-electron chi connectivity index (χ3n) is 4.95. The Bertz CT molecular complexity index is 1010. The van der Waals surface area contributed by atoms with Gasteiger partial charge in [-0.15, -0.1) is 0 Å². The number of ether oxygens (including phenoxy) is 2. The number of hydrogen-bond acceptors (Lipinski definition) is 4. The minimum atomic E-state index is -1.12. The summed E-state index contributed by atoms with van der Waals surface area (Å²) in [6.07, 6.45) is 0.618. The van der Waals surface area contributed by atoms with Crippen LogP contribution >= 0.6 is 0 Å². The largest absolute Gasteiger partial charge is 0.508 e. The quantitative estimate of drug-likeness (QED) is 0.708. The van der Waals surface area contributed by atoms with Crippen LogP contribution in [0.25, 0.3) is 5.57 Å². The predicted molar refractivity (Wildman–Crippen MR) is 106 cm³/mol. The van der Waals surface area contributed by atoms with Crippen molar-refractivity contribution in [3.05, 3.63) is 64.9 Å². The molecule has 0 atom stereocenters. The lowest BCUT2D eigenvalue weighted by molar-refractivity contribution is -0.158. The summed E-state index contributed by atoms with van der Waals surface area (Å²) in [5.41, 5.74) is -0.619. The van der Waals surface area contributed by atoms with Gasteiger partial charge in [0, 0.05) is 6.07 Å². The number of ketones is 1. The number of carbonyl (C=O) groups is 1. The summed E-state index contributed by atoms with van der Waals surface area (Å²) >= 11 is 0. The first-order valence-electron chi connectivity index (χ1n) is 9.41. The molecule has 6 heteroatoms. The van der Waals surface area contributed by atoms with Crippen molar-refractivity contribution in [2.45, 2.75) is 52.2 Å². The van der Waals surface area contributed by atoms with Crippen molar-refractivity contribution in [2.75, 3.05) is 0 Å². The number of Topliss-reactive ketones (excluding diaryl/α,β-unsaturated/α-hetero) is 1. The molecule has 154 valence electrons. The van der Waals surface area contributed by atoms with Gasteiger partial charge in [-0.2, -0.15) is 0 Å². The third-order valence-corrected chi connectivity index (χ3v) is 4.95. The Kier molecular flexibility index (Phi) is 5.26. The van der Waals surface area contributed by atoms with E-state index in [1.54, 1.807) is 45.9 Å². The third kappa shape index (κ3) is 3.90. The molecule has 1 aliphatic rings. The fourth-order valence-electron chi connectivity index (χ4n) is 3.53. The van der Waals surface area contributed by atoms with Gasteiger partial charge in [0.2, 0.25) is 0 Å². The van der Waals surface area contributed by atoms with Gasteiger partial charge in [0.15, 0.2) is 17.4 Å². The Morgan fingerprint density at radius 1 is 0.966 bits per heavy atom. The van der Waals surface area contributed by atoms with Crippen molar-refractivity contribution in [2.24, 2.45) is 0 Å². The highest BCUT2D eigenvalue weighted by Gasteiger charge is 2.47. The van der Waals surface area contributed by atoms with Crippen LogP contribution in [0.3, 0.4) is 0 Å². The van der Waals surface area contributed by atoms with Gasteiger partial charge in [-0.1, -0.05) is 13.0 Å². The highest BCUT2D eigenvalue weighted by atomic mass is 19.2. The summed E-state index contributed by atoms with van der Waals surface area (Å²) < 4.78 is 38.1. The van der Waals surface area contributed by atoms with Gasteiger partial charge in [-0.05, 0) is 69.5 Å². The van der Waals surface area contributed by atoms with Crippen LogP contribution < -0.4 is 4.74 Å². The van der Waals surface area contributed by atoms with Gasteiger partial charge in [-0.3, -0.25) is 4.79 Å². The number of carbonyl (C=O) groups excluding carboxylic acids is 1. The van der Waals surface area contributed by atoms with Gasteiger partial charge in [-0.25, -0.2) is 8.78 Å². The number of benzene rings is 2. The van der Waals surface area contributed by atoms with Crippen molar-refractivity contribution < 1.29 is 28.2 Å². The second-order valence-electron chi connectivity index (χ2n) is 8.03. The van der Waals surface area contributed by atoms with E-state index in [0.29, 0.717) is 17.7 Å². The molecule has 0 saturated carbocycles. The molecule has 4 nitrogen and oxygen atoms in total. The first kappa shape index (κ1) is 21.0. The van der Waals surface area contributed by atoms with Crippen molar-refractivity contribution in [3.63, 3.8) is 0 Å². The van der Waals surface area contributed by atoms with Gasteiger partial charge in [0.05, 0.1) is 5.57 Å². The van der Waals surface area contributed by atoms with Crippen molar-refractivity contribution in [1.82, 2.24) is 0 Å². The first-order valence-corrected chi connectivity index (χ1v) is 9.41. The Morgan fingerprint density at radius 2 is 1.59 bits per heavy atom. The van der Waals surface area contributed by atoms with E-state index in [4.69, 9.17) is 9.47 Å². The SMILES string of the molecule is CCc1ccc(Oc2ccc(F)c(F)c2)cc1C1=C(O)C(C)(C)OC(C)(C)C1=O. The lowest BCUT2D eigenvalue weighted by Crippen LogP contribution is -2.49. The van der Waals surface area contributed by atoms with E-state index in [1.807, 2.05) is 6.92 Å². The highest BCUT2D eigenvalue weighted by Crippen LogP contribution is 2.42. The molecule has 2 aromatic carbocycles. The second kappa shape index (κ2) is 7.26. The van der Waals surface area contributed by atoms with Gasteiger partial charge in [0.1, 0.15) is 28.5 Å². The smallest absolute Gasteiger partial charge is 0.198 e. The van der Waals surface area contributed by atoms with Crippen molar-refractivity contribution in [3.8, 4) is 11.5 Å². The van der Waals surface area contributed by atoms with Gasteiger partial charge in [0.25, 0.3) is 0 Å². The molecule has 0 amide bonds. The van der Waals surface area contributed by atoms with E-state index in [0.717, 1.165) is 17.7 Å². The van der Waals surface area contributed by atoms with Crippen LogP contribution in [0.15, 0.2) is 42.2 Å². The summed E-state index contributed by atoms with van der Waals surface area (Å²) in [5.74, 6) is -2.02. The molecule has 0 fully saturated rings. The van der Waals surface area contributed by atoms with Crippen molar-refractivity contribution in [1.29, 1.82) is 0 Å². The summed E-state index contributed by atoms with van der Waals surface area (Å²) in [6.45, 7) is 8.66. The molecule has 1 heterocycles. The summed E-state index contributed by atoms with van der Waals surface area (Å²) in [4.78, 5) is 13.1. The van der Waals surface area contributed by atoms with Crippen LogP contribution in [0.4, 0.5) is 8.78 Å². The standard InChI is InChI=1S/C23H24F2O4/c1-6-13-7-8-14(28-15-9-10-17(24)18(25)12-15)11-16(13)19-20(26)22(2,3)29-23(4,5)21(19)27/h7-12,26H,6H2,1-5H3. The maximum Gasteiger partial charge on any atom is 0.198 e. The first-order chi connectivity index (χ1) is 13.5. The van der Waals surface area contributed by atoms with Crippen LogP contribution in [0.2, 0.25) is 0 Å². The van der Waals surface area contributed by atoms with E-state index in [9.17, 15) is 18.7 Å². The molecule has 0 unspecified atom stereocenters. The molecule has 0 radical (unpaired) electrons. The Balaban J connectivity index is 2.12. The van der Waals surface area contributed by atoms with Crippen LogP contribution in [-0.2, 0) is 16.0 Å². The van der Waals surface area contributed by atoms with Gasteiger partial charge < -0.3 is 14.6 Å². The van der Waals surface area contributed by atoms with E-state index in [2.05, 4.69) is 0 Å². The van der Waals surface area contributed by atoms with E-state index in [-0.39, 0.29) is 22.9 Å². The number of aryl methyl sites for hydroxylation is 1. The molecule has 0 aromatic heterocycles. The predicted octanol–water partition coefficient (Wildman–Crippen LogP) is 5.75. The zero-order valence-corrected chi connectivity index (χ0v) is 17.1. The number of rotatable bonds is 4. The number of aliphatic hydroxyl groups excluding tert-OH is 1. The average molecular weight is 402 g/mol. The Labute approximate surface area is 168 Å². The van der Waals surface area contributed by atoms with Gasteiger partial charge >= 0.3 is 0 Å². The Hall–Kier alpha value is -2.73. The molecule has 2 aromatic rings. The molecule has 0 saturated heterocycles. The molecule has 29 heavy (non-hydrogen) atoms. The topological polar surface area (TPSA) is 55.8 Å². The zero-order chi connectivity index (χ0) is 21.6. The molecule has 1 N–H and O–H groups in total. The fourth-order valence-corrected chi connectivity index (χ4v) is 3.53. The van der Waals surface area contributed by atoms with Crippen LogP contribution in [0.1, 0.15) is 45.7 Å². The van der Waals surface area contributed by atoms with E-state index < -0.39 is 22.8 Å². The summed E-state index contributed by atoms with van der Waals surface area (Å²) in [6, 6.07) is 8.34. The molecule has 0 bridgehead atoms. The summed E-state index contributed by atoms with van der Waals surface area (Å²) in [7, 11) is 0. The second-order valence-corrected chi connectivity index (χ2v) is 8.03. The number of hydrogen-bond donors (Lipinski definition) is 1. The lowest BCUT2D eigenvalue weighted by Gasteiger charge is -2.40. The fraction of sp³-hybridized carbons (Fsp3) is 0.348. The zero-order valence-electron chi connectivity index (χ0n) is 17.1. The van der Waals surface area contributed by atoms with E-state index in [1.165, 1.54) is 6.07 Å². The molecular formula is C23H24F2O4. The minimum absolute atomic E-state index is 0.122. The monoisotopic (exact) mass is 402 g/mol. The maximum atomic E-state index is 13.5. The molecule has 1 aliphatic heterocycles. The highest BCUT2D eigenvalue weighted by molar-refractivity contribution is 6.26. The Morgan fingerprint density at radius 3 is 2.21 bits per heavy atom. The number of aliphatic hydroxyl groups is 1. The normalized spacial score (nSPS) is 18.1. The molecule has 0 aliphatic carbocycles. The molecular weight excluding hydrogens is 378 g/mol. The maximum absolute atomic E-state index is 13.5. The summed E-state index contributed by atoms with van der Waals surface area (Å²) in [5, 5.41) is 10.8. The number of halogens is 2. The average Bonchev–Trinajstić information content (AvgIpc) is 2.63. The van der Waals surface area contributed by atoms with E-state index >= 15 is 0 Å².